The number of Topliss-reactive ketones (excluding diaryl/α,β-unsaturated/α-hetero) is 1. The maximum atomic E-state index is 11.4. The molecule has 0 aromatic heterocycles. The van der Waals surface area contributed by atoms with Crippen molar-refractivity contribution < 1.29 is 19.4 Å². The lowest BCUT2D eigenvalue weighted by Crippen LogP contribution is -2.30. The van der Waals surface area contributed by atoms with E-state index in [2.05, 4.69) is 0 Å². The van der Waals surface area contributed by atoms with Gasteiger partial charge in [-0.3, -0.25) is 4.79 Å². The number of aliphatic hydroxyl groups is 1. The van der Waals surface area contributed by atoms with Crippen LogP contribution in [-0.4, -0.2) is 42.9 Å². The number of rotatable bonds is 10. The van der Waals surface area contributed by atoms with Crippen LogP contribution in [0.15, 0.2) is 0 Å². The highest BCUT2D eigenvalue weighted by Gasteiger charge is 2.25. The van der Waals surface area contributed by atoms with E-state index in [-0.39, 0.29) is 23.4 Å². The molecule has 0 amide bonds. The summed E-state index contributed by atoms with van der Waals surface area (Å²) < 4.78 is 11.0. The zero-order valence-electron chi connectivity index (χ0n) is 12.4. The minimum atomic E-state index is -0.316. The molecule has 4 heteroatoms. The van der Waals surface area contributed by atoms with Gasteiger partial charge < -0.3 is 14.6 Å². The first-order valence-corrected chi connectivity index (χ1v) is 6.55. The van der Waals surface area contributed by atoms with Crippen LogP contribution in [0.2, 0.25) is 0 Å². The van der Waals surface area contributed by atoms with Crippen molar-refractivity contribution in [2.45, 2.75) is 53.1 Å². The molecule has 0 bridgehead atoms. The van der Waals surface area contributed by atoms with Crippen LogP contribution in [0.3, 0.4) is 0 Å². The van der Waals surface area contributed by atoms with Crippen LogP contribution >= 0.6 is 0 Å². The number of carbonyl (C=O) groups excluding carboxylic acids is 1. The highest BCUT2D eigenvalue weighted by Crippen LogP contribution is 2.23. The summed E-state index contributed by atoms with van der Waals surface area (Å²) in [6.45, 7) is 11.1. The Labute approximate surface area is 111 Å². The molecule has 0 rings (SSSR count). The van der Waals surface area contributed by atoms with Crippen LogP contribution in [0.1, 0.15) is 47.5 Å². The normalized spacial score (nSPS) is 12.8. The van der Waals surface area contributed by atoms with Gasteiger partial charge in [-0.2, -0.15) is 0 Å². The van der Waals surface area contributed by atoms with Crippen molar-refractivity contribution in [1.82, 2.24) is 0 Å². The third-order valence-electron chi connectivity index (χ3n) is 3.26. The molecule has 0 heterocycles. The van der Waals surface area contributed by atoms with E-state index in [0.29, 0.717) is 19.8 Å². The lowest BCUT2D eigenvalue weighted by Gasteiger charge is -2.28. The molecule has 1 N–H and O–H groups in total. The van der Waals surface area contributed by atoms with Crippen molar-refractivity contribution in [3.63, 3.8) is 0 Å². The number of hydrogen-bond donors (Lipinski definition) is 1. The van der Waals surface area contributed by atoms with Crippen LogP contribution in [0.4, 0.5) is 0 Å². The summed E-state index contributed by atoms with van der Waals surface area (Å²) in [6.07, 6.45) is 1.50. The summed E-state index contributed by atoms with van der Waals surface area (Å²) in [4.78, 5) is 11.4. The van der Waals surface area contributed by atoms with Crippen molar-refractivity contribution in [2.24, 2.45) is 5.41 Å². The lowest BCUT2D eigenvalue weighted by atomic mass is 9.86. The summed E-state index contributed by atoms with van der Waals surface area (Å²) in [6, 6.07) is 0. The molecule has 4 nitrogen and oxygen atoms in total. The van der Waals surface area contributed by atoms with E-state index in [4.69, 9.17) is 14.6 Å². The maximum absolute atomic E-state index is 11.4. The first-order chi connectivity index (χ1) is 8.21. The van der Waals surface area contributed by atoms with Gasteiger partial charge in [0.15, 0.2) is 0 Å². The summed E-state index contributed by atoms with van der Waals surface area (Å²) in [5.41, 5.74) is -0.578. The Balaban J connectivity index is 3.86. The molecule has 0 radical (unpaired) electrons. The van der Waals surface area contributed by atoms with E-state index >= 15 is 0 Å². The Bertz CT molecular complexity index is 246. The number of carbonyl (C=O) groups is 1. The van der Waals surface area contributed by atoms with E-state index in [9.17, 15) is 4.79 Å². The molecule has 0 aliphatic carbocycles. The third kappa shape index (κ3) is 7.80. The third-order valence-corrected chi connectivity index (χ3v) is 3.26. The Morgan fingerprint density at radius 1 is 1.06 bits per heavy atom. The van der Waals surface area contributed by atoms with Crippen LogP contribution in [0.5, 0.6) is 0 Å². The minimum Gasteiger partial charge on any atom is -0.394 e. The summed E-state index contributed by atoms with van der Waals surface area (Å²) in [7, 11) is 0. The molecule has 0 unspecified atom stereocenters. The molecule has 0 saturated carbocycles. The van der Waals surface area contributed by atoms with Gasteiger partial charge in [0.1, 0.15) is 5.78 Å². The van der Waals surface area contributed by atoms with Gasteiger partial charge in [0.25, 0.3) is 0 Å². The summed E-state index contributed by atoms with van der Waals surface area (Å²) in [5.74, 6) is 0.190. The Morgan fingerprint density at radius 3 is 2.17 bits per heavy atom. The number of aliphatic hydroxyl groups excluding tert-OH is 1. The van der Waals surface area contributed by atoms with Gasteiger partial charge in [-0.15, -0.1) is 0 Å². The zero-order valence-corrected chi connectivity index (χ0v) is 12.4. The van der Waals surface area contributed by atoms with E-state index in [1.54, 1.807) is 6.92 Å². The van der Waals surface area contributed by atoms with Crippen LogP contribution in [-0.2, 0) is 14.3 Å². The van der Waals surface area contributed by atoms with Gasteiger partial charge in [0, 0.05) is 18.6 Å². The predicted octanol–water partition coefficient (Wildman–Crippen LogP) is 2.19. The molecule has 0 aliphatic heterocycles. The molecular weight excluding hydrogens is 232 g/mol. The SMILES string of the molecule is CC(=O)C(C)(C)CCOC(C)(C)CCOCCO. The summed E-state index contributed by atoms with van der Waals surface area (Å²) in [5, 5.41) is 8.59. The first-order valence-electron chi connectivity index (χ1n) is 6.55. The highest BCUT2D eigenvalue weighted by molar-refractivity contribution is 5.81. The molecular formula is C14H28O4. The van der Waals surface area contributed by atoms with E-state index < -0.39 is 0 Å². The monoisotopic (exact) mass is 260 g/mol. The lowest BCUT2D eigenvalue weighted by molar-refractivity contribution is -0.127. The van der Waals surface area contributed by atoms with Crippen LogP contribution < -0.4 is 0 Å². The highest BCUT2D eigenvalue weighted by atomic mass is 16.5. The molecule has 18 heavy (non-hydrogen) atoms. The number of hydrogen-bond acceptors (Lipinski definition) is 4. The molecule has 0 saturated heterocycles. The maximum Gasteiger partial charge on any atom is 0.135 e. The van der Waals surface area contributed by atoms with E-state index in [1.807, 2.05) is 27.7 Å². The standard InChI is InChI=1S/C14H28O4/c1-12(16)13(2,3)6-10-18-14(4,5)7-9-17-11-8-15/h15H,6-11H2,1-5H3. The fourth-order valence-electron chi connectivity index (χ4n) is 1.32. The van der Waals surface area contributed by atoms with Crippen molar-refractivity contribution in [2.75, 3.05) is 26.4 Å². The number of ketones is 1. The topological polar surface area (TPSA) is 55.8 Å². The molecule has 0 aromatic rings. The average Bonchev–Trinajstić information content (AvgIpc) is 2.23. The van der Waals surface area contributed by atoms with Crippen molar-refractivity contribution in [3.8, 4) is 0 Å². The average molecular weight is 260 g/mol. The predicted molar refractivity (Wildman–Crippen MR) is 71.6 cm³/mol. The molecule has 0 spiro atoms. The second-order valence-electron chi connectivity index (χ2n) is 5.88. The number of ether oxygens (including phenoxy) is 2. The second-order valence-corrected chi connectivity index (χ2v) is 5.88. The minimum absolute atomic E-state index is 0.0497. The van der Waals surface area contributed by atoms with Gasteiger partial charge in [-0.05, 0) is 33.6 Å². The largest absolute Gasteiger partial charge is 0.394 e. The Kier molecular flexibility index (Phi) is 7.67. The molecule has 0 fully saturated rings. The molecule has 0 atom stereocenters. The Hall–Kier alpha value is -0.450. The molecule has 108 valence electrons. The second kappa shape index (κ2) is 7.87. The van der Waals surface area contributed by atoms with E-state index in [0.717, 1.165) is 12.8 Å². The van der Waals surface area contributed by atoms with Crippen LogP contribution in [0.25, 0.3) is 0 Å². The van der Waals surface area contributed by atoms with Crippen molar-refractivity contribution in [3.05, 3.63) is 0 Å². The molecule has 0 aliphatic rings. The summed E-state index contributed by atoms with van der Waals surface area (Å²) >= 11 is 0. The van der Waals surface area contributed by atoms with Gasteiger partial charge in [0.05, 0.1) is 18.8 Å². The Morgan fingerprint density at radius 2 is 1.67 bits per heavy atom. The first kappa shape index (κ1) is 17.6. The fraction of sp³-hybridized carbons (Fsp3) is 0.929. The van der Waals surface area contributed by atoms with Gasteiger partial charge in [-0.1, -0.05) is 13.8 Å². The smallest absolute Gasteiger partial charge is 0.135 e. The van der Waals surface area contributed by atoms with Crippen molar-refractivity contribution in [1.29, 1.82) is 0 Å². The zero-order chi connectivity index (χ0) is 14.2. The van der Waals surface area contributed by atoms with Crippen LogP contribution in [0, 0.1) is 5.41 Å². The fourth-order valence-corrected chi connectivity index (χ4v) is 1.32. The van der Waals surface area contributed by atoms with E-state index in [1.165, 1.54) is 0 Å². The van der Waals surface area contributed by atoms with Crippen molar-refractivity contribution >= 4 is 5.78 Å². The van der Waals surface area contributed by atoms with Gasteiger partial charge in [-0.25, -0.2) is 0 Å². The van der Waals surface area contributed by atoms with Gasteiger partial charge >= 0.3 is 0 Å². The molecule has 0 aromatic carbocycles. The quantitative estimate of drug-likeness (QED) is 0.612. The van der Waals surface area contributed by atoms with Gasteiger partial charge in [0.2, 0.25) is 0 Å².